The van der Waals surface area contributed by atoms with Crippen LogP contribution in [0.1, 0.15) is 0 Å². The molecule has 0 fully saturated rings. The van der Waals surface area contributed by atoms with Crippen LogP contribution in [0.4, 0.5) is 5.95 Å². The number of thiophene rings is 1. The molecule has 0 atom stereocenters. The number of aromatic nitrogens is 4. The Morgan fingerprint density at radius 3 is 3.21 bits per heavy atom. The van der Waals surface area contributed by atoms with E-state index in [2.05, 4.69) is 30.4 Å². The number of aliphatic imine (C=N–C) groups is 1. The zero-order valence-electron chi connectivity index (χ0n) is 10.0. The van der Waals surface area contributed by atoms with E-state index in [4.69, 9.17) is 0 Å². The first-order valence-electron chi connectivity index (χ1n) is 5.45. The summed E-state index contributed by atoms with van der Waals surface area (Å²) in [5, 5.41) is 6.31. The van der Waals surface area contributed by atoms with Crippen LogP contribution in [-0.2, 0) is 4.84 Å². The van der Waals surface area contributed by atoms with Gasteiger partial charge in [-0.2, -0.15) is 14.5 Å². The SMILES string of the molecule is CON/C=N/c1nc2nccc(-c3cccs3)n2n1. The van der Waals surface area contributed by atoms with Gasteiger partial charge in [-0.1, -0.05) is 6.07 Å². The van der Waals surface area contributed by atoms with Crippen molar-refractivity contribution >= 4 is 29.4 Å². The van der Waals surface area contributed by atoms with E-state index in [0.29, 0.717) is 11.7 Å². The molecule has 19 heavy (non-hydrogen) atoms. The van der Waals surface area contributed by atoms with Gasteiger partial charge in [0.1, 0.15) is 6.34 Å². The first-order valence-corrected chi connectivity index (χ1v) is 6.33. The number of rotatable bonds is 4. The fraction of sp³-hybridized carbons (Fsp3) is 0.0909. The van der Waals surface area contributed by atoms with Crippen molar-refractivity contribution in [2.24, 2.45) is 4.99 Å². The molecule has 3 rings (SSSR count). The van der Waals surface area contributed by atoms with E-state index >= 15 is 0 Å². The third kappa shape index (κ3) is 2.30. The van der Waals surface area contributed by atoms with Crippen LogP contribution >= 0.6 is 11.3 Å². The molecule has 3 heterocycles. The van der Waals surface area contributed by atoms with Crippen LogP contribution in [0.2, 0.25) is 0 Å². The van der Waals surface area contributed by atoms with Gasteiger partial charge in [-0.05, 0) is 17.5 Å². The summed E-state index contributed by atoms with van der Waals surface area (Å²) in [5.41, 5.74) is 3.42. The largest absolute Gasteiger partial charge is 0.279 e. The Balaban J connectivity index is 2.05. The molecular weight excluding hydrogens is 264 g/mol. The van der Waals surface area contributed by atoms with Gasteiger partial charge < -0.3 is 0 Å². The highest BCUT2D eigenvalue weighted by Gasteiger charge is 2.09. The van der Waals surface area contributed by atoms with Crippen molar-refractivity contribution in [1.29, 1.82) is 0 Å². The van der Waals surface area contributed by atoms with Gasteiger partial charge in [-0.3, -0.25) is 10.3 Å². The summed E-state index contributed by atoms with van der Waals surface area (Å²) in [4.78, 5) is 18.1. The molecule has 3 aromatic rings. The molecule has 0 saturated heterocycles. The van der Waals surface area contributed by atoms with Gasteiger partial charge in [0.2, 0.25) is 0 Å². The summed E-state index contributed by atoms with van der Waals surface area (Å²) >= 11 is 1.63. The van der Waals surface area contributed by atoms with E-state index in [9.17, 15) is 0 Å². The Bertz CT molecular complexity index is 705. The first-order chi connectivity index (χ1) is 9.38. The lowest BCUT2D eigenvalue weighted by atomic mass is 10.3. The second-order valence-electron chi connectivity index (χ2n) is 3.51. The quantitative estimate of drug-likeness (QED) is 0.445. The molecular formula is C11H10N6OS. The van der Waals surface area contributed by atoms with Gasteiger partial charge in [0.05, 0.1) is 17.7 Å². The minimum Gasteiger partial charge on any atom is -0.279 e. The highest BCUT2D eigenvalue weighted by atomic mass is 32.1. The van der Waals surface area contributed by atoms with Gasteiger partial charge in [-0.15, -0.1) is 16.4 Å². The van der Waals surface area contributed by atoms with Crippen molar-refractivity contribution in [3.05, 3.63) is 29.8 Å². The van der Waals surface area contributed by atoms with Gasteiger partial charge in [0.25, 0.3) is 11.7 Å². The summed E-state index contributed by atoms with van der Waals surface area (Å²) in [6.45, 7) is 0. The smallest absolute Gasteiger partial charge is 0.272 e. The first kappa shape index (κ1) is 11.8. The average molecular weight is 274 g/mol. The van der Waals surface area contributed by atoms with E-state index in [1.165, 1.54) is 13.4 Å². The Kier molecular flexibility index (Phi) is 3.17. The highest BCUT2D eigenvalue weighted by Crippen LogP contribution is 2.24. The average Bonchev–Trinajstić information content (AvgIpc) is 3.07. The number of fused-ring (bicyclic) bond motifs is 1. The zero-order valence-corrected chi connectivity index (χ0v) is 10.8. The third-order valence-electron chi connectivity index (χ3n) is 2.35. The zero-order chi connectivity index (χ0) is 13.1. The maximum Gasteiger partial charge on any atom is 0.272 e. The number of nitrogens with one attached hydrogen (secondary N) is 1. The molecule has 1 N–H and O–H groups in total. The van der Waals surface area contributed by atoms with Crippen molar-refractivity contribution in [1.82, 2.24) is 25.1 Å². The van der Waals surface area contributed by atoms with E-state index < -0.39 is 0 Å². The molecule has 0 aliphatic rings. The second-order valence-corrected chi connectivity index (χ2v) is 4.46. The van der Waals surface area contributed by atoms with Crippen molar-refractivity contribution in [2.75, 3.05) is 7.11 Å². The maximum absolute atomic E-state index is 4.64. The predicted octanol–water partition coefficient (Wildman–Crippen LogP) is 1.66. The number of nitrogens with zero attached hydrogens (tertiary/aromatic N) is 5. The number of hydrogen-bond acceptors (Lipinski definition) is 6. The Morgan fingerprint density at radius 1 is 1.47 bits per heavy atom. The van der Waals surface area contributed by atoms with Gasteiger partial charge >= 0.3 is 0 Å². The standard InChI is InChI=1S/C11H10N6OS/c1-18-14-7-13-10-15-11-12-5-4-8(17(11)16-10)9-3-2-6-19-9/h2-7H,1H3,(H,13,14,16). The van der Waals surface area contributed by atoms with Gasteiger partial charge in [0.15, 0.2) is 0 Å². The van der Waals surface area contributed by atoms with E-state index in [-0.39, 0.29) is 0 Å². The Hall–Kier alpha value is -2.32. The molecule has 96 valence electrons. The summed E-state index contributed by atoms with van der Waals surface area (Å²) in [7, 11) is 1.50. The lowest BCUT2D eigenvalue weighted by Gasteiger charge is -1.98. The van der Waals surface area contributed by atoms with Gasteiger partial charge in [0, 0.05) is 6.20 Å². The minimum atomic E-state index is 0.320. The lowest BCUT2D eigenvalue weighted by Crippen LogP contribution is -2.07. The second kappa shape index (κ2) is 5.12. The van der Waals surface area contributed by atoms with Crippen LogP contribution in [0.15, 0.2) is 34.8 Å². The fourth-order valence-electron chi connectivity index (χ4n) is 1.59. The highest BCUT2D eigenvalue weighted by molar-refractivity contribution is 7.13. The molecule has 8 heteroatoms. The summed E-state index contributed by atoms with van der Waals surface area (Å²) in [6.07, 6.45) is 3.08. The number of hydrogen-bond donors (Lipinski definition) is 1. The molecule has 7 nitrogen and oxygen atoms in total. The van der Waals surface area contributed by atoms with Crippen molar-refractivity contribution in [3.63, 3.8) is 0 Å². The van der Waals surface area contributed by atoms with Crippen LogP contribution in [0, 0.1) is 0 Å². The molecule has 3 aromatic heterocycles. The predicted molar refractivity (Wildman–Crippen MR) is 72.4 cm³/mol. The molecule has 0 radical (unpaired) electrons. The van der Waals surface area contributed by atoms with E-state index in [1.807, 2.05) is 23.6 Å². The maximum atomic E-state index is 4.64. The third-order valence-corrected chi connectivity index (χ3v) is 3.25. The molecule has 0 aliphatic heterocycles. The topological polar surface area (TPSA) is 76.7 Å². The fourth-order valence-corrected chi connectivity index (χ4v) is 2.32. The molecule has 0 aliphatic carbocycles. The molecule has 0 spiro atoms. The van der Waals surface area contributed by atoms with Gasteiger partial charge in [-0.25, -0.2) is 4.98 Å². The van der Waals surface area contributed by atoms with Crippen LogP contribution in [0.25, 0.3) is 16.3 Å². The lowest BCUT2D eigenvalue weighted by molar-refractivity contribution is 0.148. The number of hydroxylamine groups is 1. The summed E-state index contributed by atoms with van der Waals surface area (Å²) in [5.74, 6) is 0.830. The molecule has 0 amide bonds. The van der Waals surface area contributed by atoms with Crippen molar-refractivity contribution < 1.29 is 4.84 Å². The Labute approximate surface area is 112 Å². The summed E-state index contributed by atoms with van der Waals surface area (Å²) < 4.78 is 1.67. The summed E-state index contributed by atoms with van der Waals surface area (Å²) in [6, 6.07) is 5.91. The van der Waals surface area contributed by atoms with Crippen molar-refractivity contribution in [2.45, 2.75) is 0 Å². The van der Waals surface area contributed by atoms with E-state index in [0.717, 1.165) is 10.6 Å². The van der Waals surface area contributed by atoms with Crippen LogP contribution < -0.4 is 5.48 Å². The van der Waals surface area contributed by atoms with Crippen LogP contribution in [-0.4, -0.2) is 33.0 Å². The van der Waals surface area contributed by atoms with E-state index in [1.54, 1.807) is 22.0 Å². The monoisotopic (exact) mass is 274 g/mol. The Morgan fingerprint density at radius 2 is 2.42 bits per heavy atom. The molecule has 0 unspecified atom stereocenters. The normalized spacial score (nSPS) is 11.4. The minimum absolute atomic E-state index is 0.320. The molecule has 0 bridgehead atoms. The van der Waals surface area contributed by atoms with Crippen LogP contribution in [0.3, 0.4) is 0 Å². The molecule has 0 aromatic carbocycles. The van der Waals surface area contributed by atoms with Crippen molar-refractivity contribution in [3.8, 4) is 10.6 Å². The molecule has 0 saturated carbocycles. The van der Waals surface area contributed by atoms with Crippen LogP contribution in [0.5, 0.6) is 0 Å².